The fraction of sp³-hybridized carbons (Fsp3) is 0.900. The first-order valence-corrected chi connectivity index (χ1v) is 6.27. The van der Waals surface area contributed by atoms with E-state index < -0.39 is 0 Å². The van der Waals surface area contributed by atoms with Crippen molar-refractivity contribution in [3.8, 4) is 0 Å². The first-order valence-electron chi connectivity index (χ1n) is 5.15. The molecule has 0 bridgehead atoms. The molecule has 1 fully saturated rings. The topological polar surface area (TPSA) is 29.5 Å². The van der Waals surface area contributed by atoms with Crippen molar-refractivity contribution >= 4 is 21.8 Å². The molecular weight excluding hydrogens is 246 g/mol. The molecule has 1 heterocycles. The van der Waals surface area contributed by atoms with Crippen molar-refractivity contribution in [3.63, 3.8) is 0 Å². The number of nitrogens with zero attached hydrogens (tertiary/aromatic N) is 1. The largest absolute Gasteiger partial charge is 0.370 e. The Balaban J connectivity index is 2.19. The standard InChI is InChI=1S/C10H18BrNO2/c1-9(2-4-11)3-5-12-6-7-14-8-10(12)13/h9H,2-8H2,1H3. The monoisotopic (exact) mass is 263 g/mol. The lowest BCUT2D eigenvalue weighted by Gasteiger charge is -2.27. The number of hydrogen-bond donors (Lipinski definition) is 0. The molecule has 0 N–H and O–H groups in total. The van der Waals surface area contributed by atoms with Gasteiger partial charge in [0.1, 0.15) is 6.61 Å². The second kappa shape index (κ2) is 6.40. The lowest BCUT2D eigenvalue weighted by molar-refractivity contribution is -0.142. The minimum absolute atomic E-state index is 0.141. The second-order valence-corrected chi connectivity index (χ2v) is 4.60. The molecular formula is C10H18BrNO2. The van der Waals surface area contributed by atoms with Gasteiger partial charge in [0.15, 0.2) is 0 Å². The zero-order chi connectivity index (χ0) is 10.4. The lowest BCUT2D eigenvalue weighted by Crippen LogP contribution is -2.42. The Morgan fingerprint density at radius 1 is 1.57 bits per heavy atom. The third-order valence-electron chi connectivity index (χ3n) is 2.58. The number of alkyl halides is 1. The van der Waals surface area contributed by atoms with E-state index in [9.17, 15) is 4.79 Å². The molecule has 82 valence electrons. The van der Waals surface area contributed by atoms with Crippen molar-refractivity contribution in [3.05, 3.63) is 0 Å². The zero-order valence-electron chi connectivity index (χ0n) is 8.67. The zero-order valence-corrected chi connectivity index (χ0v) is 10.3. The molecule has 0 saturated carbocycles. The number of amides is 1. The fourth-order valence-corrected chi connectivity index (χ4v) is 2.28. The highest BCUT2D eigenvalue weighted by Gasteiger charge is 2.18. The maximum absolute atomic E-state index is 11.4. The van der Waals surface area contributed by atoms with Gasteiger partial charge in [-0.1, -0.05) is 22.9 Å². The molecule has 1 aliphatic heterocycles. The predicted molar refractivity (Wildman–Crippen MR) is 59.6 cm³/mol. The first-order chi connectivity index (χ1) is 6.74. The highest BCUT2D eigenvalue weighted by Crippen LogP contribution is 2.11. The molecule has 1 aliphatic rings. The van der Waals surface area contributed by atoms with Gasteiger partial charge in [-0.15, -0.1) is 0 Å². The Bertz CT molecular complexity index is 187. The van der Waals surface area contributed by atoms with Crippen LogP contribution in [0.1, 0.15) is 19.8 Å². The van der Waals surface area contributed by atoms with Gasteiger partial charge in [0.25, 0.3) is 0 Å². The molecule has 4 heteroatoms. The average Bonchev–Trinajstić information content (AvgIpc) is 2.17. The normalized spacial score (nSPS) is 19.9. The van der Waals surface area contributed by atoms with Gasteiger partial charge < -0.3 is 9.64 Å². The van der Waals surface area contributed by atoms with E-state index >= 15 is 0 Å². The van der Waals surface area contributed by atoms with Crippen LogP contribution in [0.25, 0.3) is 0 Å². The van der Waals surface area contributed by atoms with Gasteiger partial charge >= 0.3 is 0 Å². The van der Waals surface area contributed by atoms with Gasteiger partial charge in [-0.05, 0) is 18.8 Å². The molecule has 0 aromatic carbocycles. The summed E-state index contributed by atoms with van der Waals surface area (Å²) in [5.74, 6) is 0.826. The minimum atomic E-state index is 0.141. The molecule has 0 radical (unpaired) electrons. The van der Waals surface area contributed by atoms with Crippen LogP contribution in [0.2, 0.25) is 0 Å². The van der Waals surface area contributed by atoms with E-state index in [1.807, 2.05) is 4.90 Å². The highest BCUT2D eigenvalue weighted by atomic mass is 79.9. The van der Waals surface area contributed by atoms with Crippen LogP contribution < -0.4 is 0 Å². The first kappa shape index (κ1) is 12.0. The number of hydrogen-bond acceptors (Lipinski definition) is 2. The summed E-state index contributed by atoms with van der Waals surface area (Å²) in [4.78, 5) is 13.3. The Labute approximate surface area is 93.9 Å². The van der Waals surface area contributed by atoms with E-state index in [1.54, 1.807) is 0 Å². The Morgan fingerprint density at radius 2 is 2.36 bits per heavy atom. The minimum Gasteiger partial charge on any atom is -0.370 e. The fourth-order valence-electron chi connectivity index (χ4n) is 1.49. The molecule has 0 aromatic rings. The maximum atomic E-state index is 11.4. The number of morpholine rings is 1. The van der Waals surface area contributed by atoms with Gasteiger partial charge in [0, 0.05) is 18.4 Å². The summed E-state index contributed by atoms with van der Waals surface area (Å²) in [7, 11) is 0. The van der Waals surface area contributed by atoms with Crippen LogP contribution in [0.5, 0.6) is 0 Å². The van der Waals surface area contributed by atoms with Gasteiger partial charge in [0.2, 0.25) is 5.91 Å². The van der Waals surface area contributed by atoms with Gasteiger partial charge in [0.05, 0.1) is 6.61 Å². The molecule has 1 saturated heterocycles. The van der Waals surface area contributed by atoms with Crippen LogP contribution in [0.4, 0.5) is 0 Å². The highest BCUT2D eigenvalue weighted by molar-refractivity contribution is 9.09. The second-order valence-electron chi connectivity index (χ2n) is 3.80. The predicted octanol–water partition coefficient (Wildman–Crippen LogP) is 1.66. The third-order valence-corrected chi connectivity index (χ3v) is 3.04. The van der Waals surface area contributed by atoms with Crippen LogP contribution in [0.15, 0.2) is 0 Å². The summed E-state index contributed by atoms with van der Waals surface area (Å²) in [5, 5.41) is 1.05. The van der Waals surface area contributed by atoms with E-state index in [2.05, 4.69) is 22.9 Å². The summed E-state index contributed by atoms with van der Waals surface area (Å²) >= 11 is 3.43. The summed E-state index contributed by atoms with van der Waals surface area (Å²) in [6.45, 7) is 4.84. The van der Waals surface area contributed by atoms with Crippen LogP contribution >= 0.6 is 15.9 Å². The van der Waals surface area contributed by atoms with Crippen molar-refractivity contribution < 1.29 is 9.53 Å². The Kier molecular flexibility index (Phi) is 5.48. The van der Waals surface area contributed by atoms with E-state index in [-0.39, 0.29) is 12.5 Å². The summed E-state index contributed by atoms with van der Waals surface area (Å²) in [6, 6.07) is 0. The quantitative estimate of drug-likeness (QED) is 0.707. The number of carbonyl (C=O) groups is 1. The third kappa shape index (κ3) is 3.96. The maximum Gasteiger partial charge on any atom is 0.248 e. The van der Waals surface area contributed by atoms with Gasteiger partial charge in [-0.25, -0.2) is 0 Å². The van der Waals surface area contributed by atoms with E-state index in [0.29, 0.717) is 12.5 Å². The summed E-state index contributed by atoms with van der Waals surface area (Å²) in [6.07, 6.45) is 2.27. The Morgan fingerprint density at radius 3 is 3.00 bits per heavy atom. The van der Waals surface area contributed by atoms with Crippen molar-refractivity contribution in [1.82, 2.24) is 4.90 Å². The molecule has 0 aliphatic carbocycles. The smallest absolute Gasteiger partial charge is 0.248 e. The SMILES string of the molecule is CC(CCBr)CCN1CCOCC1=O. The number of ether oxygens (including phenoxy) is 1. The number of halogens is 1. The van der Waals surface area contributed by atoms with Crippen molar-refractivity contribution in [2.24, 2.45) is 5.92 Å². The van der Waals surface area contributed by atoms with Crippen molar-refractivity contribution in [1.29, 1.82) is 0 Å². The lowest BCUT2D eigenvalue weighted by atomic mass is 10.1. The van der Waals surface area contributed by atoms with Crippen molar-refractivity contribution in [2.75, 3.05) is 31.6 Å². The van der Waals surface area contributed by atoms with Crippen LogP contribution in [0, 0.1) is 5.92 Å². The van der Waals surface area contributed by atoms with Gasteiger partial charge in [-0.2, -0.15) is 0 Å². The van der Waals surface area contributed by atoms with E-state index in [4.69, 9.17) is 4.74 Å². The molecule has 1 atom stereocenters. The number of carbonyl (C=O) groups excluding carboxylic acids is 1. The summed E-state index contributed by atoms with van der Waals surface area (Å²) < 4.78 is 5.07. The van der Waals surface area contributed by atoms with Crippen LogP contribution in [-0.4, -0.2) is 42.4 Å². The molecule has 1 unspecified atom stereocenters. The molecule has 0 aromatic heterocycles. The van der Waals surface area contributed by atoms with E-state index in [0.717, 1.165) is 24.8 Å². The van der Waals surface area contributed by atoms with Crippen LogP contribution in [-0.2, 0) is 9.53 Å². The van der Waals surface area contributed by atoms with Crippen LogP contribution in [0.3, 0.4) is 0 Å². The van der Waals surface area contributed by atoms with E-state index in [1.165, 1.54) is 6.42 Å². The molecule has 0 spiro atoms. The van der Waals surface area contributed by atoms with Gasteiger partial charge in [-0.3, -0.25) is 4.79 Å². The molecule has 3 nitrogen and oxygen atoms in total. The summed E-state index contributed by atoms with van der Waals surface area (Å²) in [5.41, 5.74) is 0. The Hall–Kier alpha value is -0.0900. The molecule has 14 heavy (non-hydrogen) atoms. The number of rotatable bonds is 5. The van der Waals surface area contributed by atoms with Crippen molar-refractivity contribution in [2.45, 2.75) is 19.8 Å². The molecule has 1 amide bonds. The average molecular weight is 264 g/mol. The molecule has 1 rings (SSSR count).